The zero-order valence-corrected chi connectivity index (χ0v) is 14.8. The van der Waals surface area contributed by atoms with E-state index in [1.54, 1.807) is 11.3 Å². The second-order valence-corrected chi connectivity index (χ2v) is 7.20. The molecular weight excluding hydrogens is 350 g/mol. The predicted molar refractivity (Wildman–Crippen MR) is 97.6 cm³/mol. The Hall–Kier alpha value is -1.63. The van der Waals surface area contributed by atoms with Crippen molar-refractivity contribution < 1.29 is 4.79 Å². The molecule has 0 bridgehead atoms. The molecule has 1 amide bonds. The van der Waals surface area contributed by atoms with Crippen molar-refractivity contribution in [1.29, 1.82) is 0 Å². The largest absolute Gasteiger partial charge is 0.325 e. The number of nitrogens with zero attached hydrogens (tertiary/aromatic N) is 2. The predicted octanol–water partition coefficient (Wildman–Crippen LogP) is 4.64. The van der Waals surface area contributed by atoms with Gasteiger partial charge in [-0.25, -0.2) is 9.97 Å². The van der Waals surface area contributed by atoms with Gasteiger partial charge in [0.1, 0.15) is 9.98 Å². The summed E-state index contributed by atoms with van der Waals surface area (Å²) in [6.07, 6.45) is 0.944. The highest BCUT2D eigenvalue weighted by atomic mass is 35.5. The van der Waals surface area contributed by atoms with Crippen molar-refractivity contribution in [1.82, 2.24) is 9.97 Å². The highest BCUT2D eigenvalue weighted by molar-refractivity contribution is 7.99. The third-order valence-electron chi connectivity index (χ3n) is 3.12. The van der Waals surface area contributed by atoms with E-state index in [4.69, 9.17) is 11.6 Å². The number of thioether (sulfide) groups is 1. The number of anilines is 1. The number of carbonyl (C=O) groups excluding carboxylic acids is 1. The number of fused-ring (bicyclic) bond motifs is 1. The molecule has 0 aliphatic heterocycles. The minimum Gasteiger partial charge on any atom is -0.325 e. The molecular formula is C16H14ClN3OS2. The summed E-state index contributed by atoms with van der Waals surface area (Å²) in [4.78, 5) is 22.8. The van der Waals surface area contributed by atoms with Gasteiger partial charge in [-0.05, 0) is 24.6 Å². The van der Waals surface area contributed by atoms with Crippen molar-refractivity contribution in [2.45, 2.75) is 18.5 Å². The Morgan fingerprint density at radius 2 is 2.09 bits per heavy atom. The lowest BCUT2D eigenvalue weighted by Crippen LogP contribution is -2.14. The number of benzene rings is 1. The van der Waals surface area contributed by atoms with Crippen molar-refractivity contribution in [2.75, 3.05) is 11.1 Å². The summed E-state index contributed by atoms with van der Waals surface area (Å²) in [5.74, 6) is 0.143. The van der Waals surface area contributed by atoms with Gasteiger partial charge in [0.15, 0.2) is 5.16 Å². The third-order valence-corrected chi connectivity index (χ3v) is 5.42. The molecule has 0 fully saturated rings. The summed E-state index contributed by atoms with van der Waals surface area (Å²) < 4.78 is 0. The van der Waals surface area contributed by atoms with E-state index in [0.717, 1.165) is 22.3 Å². The number of nitrogens with one attached hydrogen (secondary N) is 1. The van der Waals surface area contributed by atoms with Gasteiger partial charge >= 0.3 is 0 Å². The molecule has 4 nitrogen and oxygen atoms in total. The van der Waals surface area contributed by atoms with E-state index in [9.17, 15) is 4.79 Å². The standard InChI is InChI=1S/C16H14ClN3OS2/c1-2-11-8-12-14(17)19-16(20-15(12)23-11)22-9-13(21)18-10-6-4-3-5-7-10/h3-8H,2,9H2,1H3,(H,18,21). The SMILES string of the molecule is CCc1cc2c(Cl)nc(SCC(=O)Nc3ccccc3)nc2s1. The number of hydrogen-bond donors (Lipinski definition) is 1. The first-order valence-corrected chi connectivity index (χ1v) is 9.27. The molecule has 0 saturated carbocycles. The number of hydrogen-bond acceptors (Lipinski definition) is 5. The molecule has 1 N–H and O–H groups in total. The number of rotatable bonds is 5. The molecule has 118 valence electrons. The van der Waals surface area contributed by atoms with E-state index in [1.165, 1.54) is 16.6 Å². The average molecular weight is 364 g/mol. The molecule has 0 spiro atoms. The highest BCUT2D eigenvalue weighted by Gasteiger charge is 2.12. The lowest BCUT2D eigenvalue weighted by atomic mass is 10.3. The normalized spacial score (nSPS) is 10.9. The summed E-state index contributed by atoms with van der Waals surface area (Å²) in [5, 5.41) is 4.68. The van der Waals surface area contributed by atoms with Crippen LogP contribution in [0.5, 0.6) is 0 Å². The molecule has 0 atom stereocenters. The first-order chi connectivity index (χ1) is 11.2. The van der Waals surface area contributed by atoms with Gasteiger partial charge in [0, 0.05) is 16.0 Å². The van der Waals surface area contributed by atoms with Crippen LogP contribution in [0.15, 0.2) is 41.6 Å². The molecule has 2 heterocycles. The second kappa shape index (κ2) is 7.29. The van der Waals surface area contributed by atoms with Crippen LogP contribution in [0, 0.1) is 0 Å². The summed E-state index contributed by atoms with van der Waals surface area (Å²) in [6.45, 7) is 2.09. The third kappa shape index (κ3) is 4.02. The number of halogens is 1. The van der Waals surface area contributed by atoms with Gasteiger partial charge in [-0.1, -0.05) is 48.5 Å². The number of aryl methyl sites for hydroxylation is 1. The van der Waals surface area contributed by atoms with E-state index >= 15 is 0 Å². The first-order valence-electron chi connectivity index (χ1n) is 7.09. The Morgan fingerprint density at radius 1 is 1.30 bits per heavy atom. The van der Waals surface area contributed by atoms with Gasteiger partial charge in [-0.15, -0.1) is 11.3 Å². The molecule has 3 rings (SSSR count). The monoisotopic (exact) mass is 363 g/mol. The molecule has 0 radical (unpaired) electrons. The van der Waals surface area contributed by atoms with Crippen LogP contribution in [-0.2, 0) is 11.2 Å². The number of amides is 1. The van der Waals surface area contributed by atoms with Crippen molar-refractivity contribution in [3.8, 4) is 0 Å². The van der Waals surface area contributed by atoms with E-state index in [2.05, 4.69) is 22.2 Å². The van der Waals surface area contributed by atoms with Crippen LogP contribution in [0.3, 0.4) is 0 Å². The fraction of sp³-hybridized carbons (Fsp3) is 0.188. The number of carbonyl (C=O) groups is 1. The Labute approximate surface area is 147 Å². The lowest BCUT2D eigenvalue weighted by molar-refractivity contribution is -0.113. The number of thiophene rings is 1. The van der Waals surface area contributed by atoms with Crippen LogP contribution in [0.4, 0.5) is 5.69 Å². The van der Waals surface area contributed by atoms with Crippen LogP contribution in [-0.4, -0.2) is 21.6 Å². The van der Waals surface area contributed by atoms with Gasteiger partial charge in [0.05, 0.1) is 5.75 Å². The molecule has 1 aromatic carbocycles. The summed E-state index contributed by atoms with van der Waals surface area (Å²) in [5.41, 5.74) is 0.776. The van der Waals surface area contributed by atoms with Crippen LogP contribution in [0.2, 0.25) is 5.15 Å². The molecule has 2 aromatic heterocycles. The molecule has 0 unspecified atom stereocenters. The Morgan fingerprint density at radius 3 is 2.83 bits per heavy atom. The maximum Gasteiger partial charge on any atom is 0.234 e. The van der Waals surface area contributed by atoms with Gasteiger partial charge in [-0.3, -0.25) is 4.79 Å². The summed E-state index contributed by atoms with van der Waals surface area (Å²) >= 11 is 9.11. The lowest BCUT2D eigenvalue weighted by Gasteiger charge is -2.04. The molecule has 0 saturated heterocycles. The van der Waals surface area contributed by atoms with Crippen LogP contribution >= 0.6 is 34.7 Å². The van der Waals surface area contributed by atoms with Crippen LogP contribution in [0.1, 0.15) is 11.8 Å². The van der Waals surface area contributed by atoms with Gasteiger partial charge in [0.25, 0.3) is 0 Å². The second-order valence-electron chi connectivity index (χ2n) is 4.78. The van der Waals surface area contributed by atoms with Crippen molar-refractivity contribution in [2.24, 2.45) is 0 Å². The average Bonchev–Trinajstić information content (AvgIpc) is 2.98. The molecule has 0 aliphatic rings. The minimum absolute atomic E-state index is 0.0959. The zero-order chi connectivity index (χ0) is 16.2. The summed E-state index contributed by atoms with van der Waals surface area (Å²) in [7, 11) is 0. The highest BCUT2D eigenvalue weighted by Crippen LogP contribution is 2.31. The quantitative estimate of drug-likeness (QED) is 0.407. The van der Waals surface area contributed by atoms with Gasteiger partial charge in [-0.2, -0.15) is 0 Å². The van der Waals surface area contributed by atoms with Crippen molar-refractivity contribution in [3.05, 3.63) is 46.4 Å². The maximum atomic E-state index is 12.0. The maximum absolute atomic E-state index is 12.0. The molecule has 7 heteroatoms. The summed E-state index contributed by atoms with van der Waals surface area (Å²) in [6, 6.07) is 11.4. The fourth-order valence-electron chi connectivity index (χ4n) is 2.01. The number of para-hydroxylation sites is 1. The number of aromatic nitrogens is 2. The van der Waals surface area contributed by atoms with E-state index in [-0.39, 0.29) is 11.7 Å². The van der Waals surface area contributed by atoms with E-state index < -0.39 is 0 Å². The van der Waals surface area contributed by atoms with E-state index in [1.807, 2.05) is 36.4 Å². The van der Waals surface area contributed by atoms with Crippen LogP contribution in [0.25, 0.3) is 10.2 Å². The molecule has 23 heavy (non-hydrogen) atoms. The van der Waals surface area contributed by atoms with Gasteiger partial charge < -0.3 is 5.32 Å². The molecule has 0 aliphatic carbocycles. The van der Waals surface area contributed by atoms with Crippen molar-refractivity contribution in [3.63, 3.8) is 0 Å². The fourth-order valence-corrected chi connectivity index (χ4v) is 4.00. The smallest absolute Gasteiger partial charge is 0.234 e. The van der Waals surface area contributed by atoms with E-state index in [0.29, 0.717) is 10.3 Å². The topological polar surface area (TPSA) is 54.9 Å². The first kappa shape index (κ1) is 16.2. The van der Waals surface area contributed by atoms with Crippen LogP contribution < -0.4 is 5.32 Å². The Kier molecular flexibility index (Phi) is 5.15. The Bertz CT molecular complexity index is 836. The minimum atomic E-state index is -0.0959. The molecule has 3 aromatic rings. The Balaban J connectivity index is 1.68. The van der Waals surface area contributed by atoms with Crippen molar-refractivity contribution >= 4 is 56.5 Å². The van der Waals surface area contributed by atoms with Gasteiger partial charge in [0.2, 0.25) is 5.91 Å². The zero-order valence-electron chi connectivity index (χ0n) is 12.4.